The molecule has 0 aromatic carbocycles. The van der Waals surface area contributed by atoms with E-state index in [2.05, 4.69) is 130 Å². The first-order chi connectivity index (χ1) is 41.0. The van der Waals surface area contributed by atoms with Crippen LogP contribution >= 0.6 is 0 Å². The Morgan fingerprint density at radius 1 is 0.253 bits per heavy atom. The summed E-state index contributed by atoms with van der Waals surface area (Å²) in [6.07, 6.45) is 97.2. The number of carbonyl (C=O) groups excluding carboxylic acids is 3. The number of hydrogen-bond acceptors (Lipinski definition) is 6. The van der Waals surface area contributed by atoms with Crippen molar-refractivity contribution in [2.24, 2.45) is 0 Å². The summed E-state index contributed by atoms with van der Waals surface area (Å²) in [6, 6.07) is 0. The Morgan fingerprint density at radius 3 is 0.759 bits per heavy atom. The summed E-state index contributed by atoms with van der Waals surface area (Å²) in [7, 11) is 0. The summed E-state index contributed by atoms with van der Waals surface area (Å²) >= 11 is 0. The van der Waals surface area contributed by atoms with Crippen LogP contribution in [0.3, 0.4) is 0 Å². The van der Waals surface area contributed by atoms with Gasteiger partial charge in [0.05, 0.1) is 0 Å². The minimum absolute atomic E-state index is 0.104. The summed E-state index contributed by atoms with van der Waals surface area (Å²) in [5.41, 5.74) is 0. The highest BCUT2D eigenvalue weighted by atomic mass is 16.6. The molecule has 6 heteroatoms. The third-order valence-electron chi connectivity index (χ3n) is 15.3. The van der Waals surface area contributed by atoms with Crippen LogP contribution in [-0.4, -0.2) is 37.2 Å². The van der Waals surface area contributed by atoms with Crippen molar-refractivity contribution in [3.8, 4) is 0 Å². The van der Waals surface area contributed by atoms with Gasteiger partial charge in [-0.2, -0.15) is 0 Å². The van der Waals surface area contributed by atoms with E-state index in [0.717, 1.165) is 116 Å². The second-order valence-electron chi connectivity index (χ2n) is 23.4. The van der Waals surface area contributed by atoms with Gasteiger partial charge < -0.3 is 14.2 Å². The normalized spacial score (nSPS) is 12.8. The lowest BCUT2D eigenvalue weighted by Gasteiger charge is -2.18. The number of allylic oxidation sites excluding steroid dienone is 18. The molecule has 0 aliphatic rings. The smallest absolute Gasteiger partial charge is 0.306 e. The molecule has 83 heavy (non-hydrogen) atoms. The Labute approximate surface area is 514 Å². The van der Waals surface area contributed by atoms with Gasteiger partial charge in [0, 0.05) is 19.3 Å². The van der Waals surface area contributed by atoms with Crippen molar-refractivity contribution >= 4 is 17.9 Å². The van der Waals surface area contributed by atoms with Crippen LogP contribution in [0.5, 0.6) is 0 Å². The summed E-state index contributed by atoms with van der Waals surface area (Å²) < 4.78 is 16.9. The highest BCUT2D eigenvalue weighted by molar-refractivity contribution is 5.71. The maximum atomic E-state index is 12.9. The first kappa shape index (κ1) is 79.1. The standard InChI is InChI=1S/C77H132O6/c1-4-7-10-13-16-19-22-25-27-29-31-33-34-35-36-37-38-39-40-41-42-44-45-47-49-52-55-58-61-64-67-70-76(79)82-73-74(72-81-75(78)69-66-63-60-57-54-51-24-21-18-15-12-9-6-3)83-77(80)71-68-65-62-59-56-53-50-48-46-43-32-30-28-26-23-20-17-14-11-8-5-2/h8-9,11-12,17-18,20-21,26,28,32,43,48,50-51,54,56,59,74H,4-7,10,13-16,19,22-25,27,29-31,33-42,44-47,49,52-53,55,57-58,60-73H2,1-3H3/b11-8-,12-9-,20-17-,21-18-,28-26-,43-32-,50-48-,54-51-,59-56-. The minimum atomic E-state index is -0.816. The zero-order chi connectivity index (χ0) is 59.9. The molecule has 1 atom stereocenters. The SMILES string of the molecule is CC/C=C\C/C=C\C/C=C\C/C=C\C/C=C\C/C=C\CCCCC(=O)OC(COC(=O)CCCCC/C=C\C/C=C\C/C=C\CC)COC(=O)CCCCCCCCCCCCCCCCCCCCCCCCCCCCCCCCC. The van der Waals surface area contributed by atoms with Crippen molar-refractivity contribution in [1.82, 2.24) is 0 Å². The molecule has 0 spiro atoms. The first-order valence-corrected chi connectivity index (χ1v) is 35.4. The first-order valence-electron chi connectivity index (χ1n) is 35.4. The van der Waals surface area contributed by atoms with Gasteiger partial charge in [-0.15, -0.1) is 0 Å². The molecule has 0 N–H and O–H groups in total. The summed E-state index contributed by atoms with van der Waals surface area (Å²) in [4.78, 5) is 38.4. The van der Waals surface area contributed by atoms with Crippen LogP contribution in [0.1, 0.15) is 342 Å². The summed E-state index contributed by atoms with van der Waals surface area (Å²) in [6.45, 7) is 6.39. The summed E-state index contributed by atoms with van der Waals surface area (Å²) in [5, 5.41) is 0. The molecule has 0 aliphatic carbocycles. The van der Waals surface area contributed by atoms with Crippen molar-refractivity contribution in [2.45, 2.75) is 348 Å². The maximum absolute atomic E-state index is 12.9. The van der Waals surface area contributed by atoms with Crippen LogP contribution in [0, 0.1) is 0 Å². The van der Waals surface area contributed by atoms with Crippen molar-refractivity contribution in [3.05, 3.63) is 109 Å². The number of hydrogen-bond donors (Lipinski definition) is 0. The highest BCUT2D eigenvalue weighted by Crippen LogP contribution is 2.18. The van der Waals surface area contributed by atoms with Gasteiger partial charge in [-0.1, -0.05) is 329 Å². The third kappa shape index (κ3) is 68.7. The lowest BCUT2D eigenvalue weighted by Crippen LogP contribution is -2.30. The predicted molar refractivity (Wildman–Crippen MR) is 362 cm³/mol. The number of esters is 3. The van der Waals surface area contributed by atoms with E-state index in [-0.39, 0.29) is 37.5 Å². The molecule has 0 aromatic rings. The number of unbranched alkanes of at least 4 members (excludes halogenated alkanes) is 35. The zero-order valence-corrected chi connectivity index (χ0v) is 54.7. The second kappa shape index (κ2) is 70.6. The topological polar surface area (TPSA) is 78.9 Å². The molecule has 0 rings (SSSR count). The minimum Gasteiger partial charge on any atom is -0.462 e. The number of ether oxygens (including phenoxy) is 3. The van der Waals surface area contributed by atoms with Gasteiger partial charge in [0.1, 0.15) is 13.2 Å². The Bertz CT molecular complexity index is 1660. The fraction of sp³-hybridized carbons (Fsp3) is 0.727. The number of carbonyl (C=O) groups is 3. The molecule has 6 nitrogen and oxygen atoms in total. The fourth-order valence-corrected chi connectivity index (χ4v) is 10.1. The van der Waals surface area contributed by atoms with E-state index in [1.807, 2.05) is 0 Å². The lowest BCUT2D eigenvalue weighted by atomic mass is 10.0. The fourth-order valence-electron chi connectivity index (χ4n) is 10.1. The van der Waals surface area contributed by atoms with Crippen LogP contribution in [0.2, 0.25) is 0 Å². The van der Waals surface area contributed by atoms with Crippen LogP contribution in [-0.2, 0) is 28.6 Å². The molecule has 0 fully saturated rings. The lowest BCUT2D eigenvalue weighted by molar-refractivity contribution is -0.167. The van der Waals surface area contributed by atoms with Gasteiger partial charge in [-0.05, 0) is 103 Å². The molecular formula is C77H132O6. The molecule has 0 heterocycles. The molecule has 0 aliphatic heterocycles. The van der Waals surface area contributed by atoms with Gasteiger partial charge in [-0.25, -0.2) is 0 Å². The van der Waals surface area contributed by atoms with E-state index in [1.165, 1.54) is 180 Å². The molecule has 0 radical (unpaired) electrons. The predicted octanol–water partition coefficient (Wildman–Crippen LogP) is 24.6. The maximum Gasteiger partial charge on any atom is 0.306 e. The van der Waals surface area contributed by atoms with E-state index in [1.54, 1.807) is 0 Å². The van der Waals surface area contributed by atoms with E-state index >= 15 is 0 Å². The molecule has 476 valence electrons. The van der Waals surface area contributed by atoms with E-state index in [0.29, 0.717) is 19.3 Å². The Morgan fingerprint density at radius 2 is 0.470 bits per heavy atom. The van der Waals surface area contributed by atoms with Crippen molar-refractivity contribution in [1.29, 1.82) is 0 Å². The zero-order valence-electron chi connectivity index (χ0n) is 54.7. The Hall–Kier alpha value is -3.93. The van der Waals surface area contributed by atoms with Gasteiger partial charge in [0.2, 0.25) is 0 Å². The molecule has 0 saturated carbocycles. The van der Waals surface area contributed by atoms with E-state index in [9.17, 15) is 14.4 Å². The average Bonchev–Trinajstić information content (AvgIpc) is 3.49. The van der Waals surface area contributed by atoms with E-state index in [4.69, 9.17) is 14.2 Å². The van der Waals surface area contributed by atoms with Crippen molar-refractivity contribution < 1.29 is 28.6 Å². The number of rotatable bonds is 64. The third-order valence-corrected chi connectivity index (χ3v) is 15.3. The monoisotopic (exact) mass is 1150 g/mol. The molecule has 1 unspecified atom stereocenters. The molecule has 0 amide bonds. The van der Waals surface area contributed by atoms with Gasteiger partial charge in [0.15, 0.2) is 6.10 Å². The average molecular weight is 1150 g/mol. The van der Waals surface area contributed by atoms with E-state index < -0.39 is 6.10 Å². The summed E-state index contributed by atoms with van der Waals surface area (Å²) in [5.74, 6) is -0.968. The highest BCUT2D eigenvalue weighted by Gasteiger charge is 2.19. The van der Waals surface area contributed by atoms with Crippen LogP contribution in [0.15, 0.2) is 109 Å². The quantitative estimate of drug-likeness (QED) is 0.0261. The second-order valence-corrected chi connectivity index (χ2v) is 23.4. The Balaban J connectivity index is 4.26. The van der Waals surface area contributed by atoms with Crippen LogP contribution < -0.4 is 0 Å². The van der Waals surface area contributed by atoms with Crippen LogP contribution in [0.4, 0.5) is 0 Å². The largest absolute Gasteiger partial charge is 0.462 e. The van der Waals surface area contributed by atoms with Crippen molar-refractivity contribution in [3.63, 3.8) is 0 Å². The Kier molecular flexibility index (Phi) is 67.2. The molecular weight excluding hydrogens is 1020 g/mol. The van der Waals surface area contributed by atoms with Crippen molar-refractivity contribution in [2.75, 3.05) is 13.2 Å². The van der Waals surface area contributed by atoms with Gasteiger partial charge in [0.25, 0.3) is 0 Å². The van der Waals surface area contributed by atoms with Gasteiger partial charge >= 0.3 is 17.9 Å². The van der Waals surface area contributed by atoms with Crippen LogP contribution in [0.25, 0.3) is 0 Å². The molecule has 0 saturated heterocycles. The molecule has 0 aromatic heterocycles. The molecule has 0 bridgehead atoms. The van der Waals surface area contributed by atoms with Gasteiger partial charge in [-0.3, -0.25) is 14.4 Å².